The summed E-state index contributed by atoms with van der Waals surface area (Å²) in [6, 6.07) is 3.68. The molecule has 2 N–H and O–H groups in total. The van der Waals surface area contributed by atoms with Crippen LogP contribution in [0.15, 0.2) is 17.5 Å². The van der Waals surface area contributed by atoms with Crippen molar-refractivity contribution in [1.29, 1.82) is 0 Å². The van der Waals surface area contributed by atoms with E-state index in [1.54, 1.807) is 11.3 Å². The molecule has 1 atom stereocenters. The van der Waals surface area contributed by atoms with E-state index in [1.165, 1.54) is 4.90 Å². The zero-order valence-corrected chi connectivity index (χ0v) is 13.1. The maximum Gasteiger partial charge on any atom is 0.323 e. The average Bonchev–Trinajstić information content (AvgIpc) is 3.07. The molecular weight excluding hydrogens is 288 g/mol. The van der Waals surface area contributed by atoms with Crippen LogP contribution in [-0.2, 0) is 4.79 Å². The molecule has 1 aliphatic carbocycles. The summed E-state index contributed by atoms with van der Waals surface area (Å²) >= 11 is 1.62. The van der Waals surface area contributed by atoms with Crippen molar-refractivity contribution >= 4 is 23.3 Å². The summed E-state index contributed by atoms with van der Waals surface area (Å²) in [5.74, 6) is -0.490. The number of nitrogens with zero attached hydrogens (tertiary/aromatic N) is 1. The molecule has 1 fully saturated rings. The predicted octanol–water partition coefficient (Wildman–Crippen LogP) is 3.10. The molecule has 1 heterocycles. The van der Waals surface area contributed by atoms with Crippen molar-refractivity contribution in [3.8, 4) is 0 Å². The summed E-state index contributed by atoms with van der Waals surface area (Å²) in [4.78, 5) is 25.9. The van der Waals surface area contributed by atoms with Gasteiger partial charge >= 0.3 is 12.0 Å². The van der Waals surface area contributed by atoms with Crippen molar-refractivity contribution in [3.05, 3.63) is 22.4 Å². The predicted molar refractivity (Wildman–Crippen MR) is 82.4 cm³/mol. The number of hydrogen-bond acceptors (Lipinski definition) is 3. The van der Waals surface area contributed by atoms with Crippen molar-refractivity contribution in [2.75, 3.05) is 13.1 Å². The van der Waals surface area contributed by atoms with E-state index in [1.807, 2.05) is 17.5 Å². The van der Waals surface area contributed by atoms with Crippen LogP contribution in [-0.4, -0.2) is 35.1 Å². The van der Waals surface area contributed by atoms with E-state index in [9.17, 15) is 9.59 Å². The van der Waals surface area contributed by atoms with Crippen molar-refractivity contribution in [2.24, 2.45) is 5.92 Å². The molecule has 6 heteroatoms. The van der Waals surface area contributed by atoms with E-state index < -0.39 is 5.97 Å². The largest absolute Gasteiger partial charge is 0.480 e. The Morgan fingerprint density at radius 3 is 2.81 bits per heavy atom. The van der Waals surface area contributed by atoms with Crippen LogP contribution in [0.3, 0.4) is 0 Å². The minimum absolute atomic E-state index is 0.0296. The van der Waals surface area contributed by atoms with Crippen LogP contribution in [0.25, 0.3) is 0 Å². The molecule has 5 nitrogen and oxygen atoms in total. The maximum atomic E-state index is 12.4. The van der Waals surface area contributed by atoms with Gasteiger partial charge in [0.1, 0.15) is 6.54 Å². The molecule has 21 heavy (non-hydrogen) atoms. The summed E-state index contributed by atoms with van der Waals surface area (Å²) in [6.07, 6.45) is 4.00. The Balaban J connectivity index is 1.98. The van der Waals surface area contributed by atoms with Crippen LogP contribution < -0.4 is 5.32 Å². The summed E-state index contributed by atoms with van der Waals surface area (Å²) in [7, 11) is 0. The first-order valence-electron chi connectivity index (χ1n) is 7.40. The Kier molecular flexibility index (Phi) is 5.61. The lowest BCUT2D eigenvalue weighted by Gasteiger charge is -2.25. The van der Waals surface area contributed by atoms with Crippen LogP contribution in [0.2, 0.25) is 0 Å². The van der Waals surface area contributed by atoms with Gasteiger partial charge in [-0.25, -0.2) is 4.79 Å². The second-order valence-corrected chi connectivity index (χ2v) is 6.50. The Hall–Kier alpha value is -1.56. The lowest BCUT2D eigenvalue weighted by molar-refractivity contribution is -0.137. The lowest BCUT2D eigenvalue weighted by Crippen LogP contribution is -2.45. The molecule has 1 aromatic heterocycles. The normalized spacial score (nSPS) is 15.5. The fraction of sp³-hybridized carbons (Fsp3) is 0.600. The Morgan fingerprint density at radius 2 is 2.29 bits per heavy atom. The number of thiophene rings is 1. The third-order valence-electron chi connectivity index (χ3n) is 3.55. The lowest BCUT2D eigenvalue weighted by atomic mass is 10.1. The number of urea groups is 1. The first kappa shape index (κ1) is 15.8. The first-order chi connectivity index (χ1) is 10.1. The highest BCUT2D eigenvalue weighted by atomic mass is 32.1. The van der Waals surface area contributed by atoms with Crippen LogP contribution in [0.1, 0.15) is 43.5 Å². The summed E-state index contributed by atoms with van der Waals surface area (Å²) < 4.78 is 0. The molecule has 0 bridgehead atoms. The molecule has 1 unspecified atom stereocenters. The number of carboxylic acid groups (broad SMARTS) is 1. The van der Waals surface area contributed by atoms with E-state index in [4.69, 9.17) is 5.11 Å². The highest BCUT2D eigenvalue weighted by molar-refractivity contribution is 7.10. The minimum atomic E-state index is -0.964. The van der Waals surface area contributed by atoms with Gasteiger partial charge in [0, 0.05) is 11.4 Å². The van der Waals surface area contributed by atoms with Gasteiger partial charge in [-0.2, -0.15) is 0 Å². The standard InChI is InChI=1S/C15H22N2O3S/c1-2-4-12(13-5-3-8-21-13)16-15(20)17(10-14(18)19)9-11-6-7-11/h3,5,8,11-12H,2,4,6-7,9-10H2,1H3,(H,16,20)(H,18,19). The van der Waals surface area contributed by atoms with Gasteiger partial charge in [-0.05, 0) is 36.6 Å². The summed E-state index contributed by atoms with van der Waals surface area (Å²) in [5.41, 5.74) is 0. The Labute approximate surface area is 129 Å². The molecule has 0 aliphatic heterocycles. The third-order valence-corrected chi connectivity index (χ3v) is 4.54. The van der Waals surface area contributed by atoms with Crippen molar-refractivity contribution in [2.45, 2.75) is 38.6 Å². The van der Waals surface area contributed by atoms with Gasteiger partial charge in [0.2, 0.25) is 0 Å². The SMILES string of the molecule is CCCC(NC(=O)N(CC(=O)O)CC1CC1)c1cccs1. The van der Waals surface area contributed by atoms with Crippen molar-refractivity contribution in [3.63, 3.8) is 0 Å². The van der Waals surface area contributed by atoms with Gasteiger partial charge in [-0.3, -0.25) is 4.79 Å². The Bertz CT molecular complexity index is 471. The van der Waals surface area contributed by atoms with Gasteiger partial charge in [0.25, 0.3) is 0 Å². The third kappa shape index (κ3) is 5.04. The summed E-state index contributed by atoms with van der Waals surface area (Å²) in [6.45, 7) is 2.39. The zero-order chi connectivity index (χ0) is 15.2. The number of aliphatic carboxylic acids is 1. The highest BCUT2D eigenvalue weighted by Crippen LogP contribution is 2.30. The summed E-state index contributed by atoms with van der Waals surface area (Å²) in [5, 5.41) is 14.0. The van der Waals surface area contributed by atoms with Crippen LogP contribution in [0, 0.1) is 5.92 Å². The highest BCUT2D eigenvalue weighted by Gasteiger charge is 2.29. The average molecular weight is 310 g/mol. The second-order valence-electron chi connectivity index (χ2n) is 5.52. The maximum absolute atomic E-state index is 12.4. The van der Waals surface area contributed by atoms with Crippen LogP contribution in [0.5, 0.6) is 0 Å². The van der Waals surface area contributed by atoms with E-state index in [-0.39, 0.29) is 18.6 Å². The van der Waals surface area contributed by atoms with Gasteiger partial charge < -0.3 is 15.3 Å². The topological polar surface area (TPSA) is 69.6 Å². The second kappa shape index (κ2) is 7.45. The van der Waals surface area contributed by atoms with Gasteiger partial charge in [0.15, 0.2) is 0 Å². The molecular formula is C15H22N2O3S. The fourth-order valence-corrected chi connectivity index (χ4v) is 3.11. The Morgan fingerprint density at radius 1 is 1.52 bits per heavy atom. The van der Waals surface area contributed by atoms with Gasteiger partial charge in [-0.1, -0.05) is 19.4 Å². The van der Waals surface area contributed by atoms with Crippen molar-refractivity contribution < 1.29 is 14.7 Å². The molecule has 0 spiro atoms. The number of hydrogen-bond donors (Lipinski definition) is 2. The molecule has 116 valence electrons. The monoisotopic (exact) mass is 310 g/mol. The number of amides is 2. The van der Waals surface area contributed by atoms with Crippen LogP contribution >= 0.6 is 11.3 Å². The van der Waals surface area contributed by atoms with E-state index in [0.717, 1.165) is 30.6 Å². The first-order valence-corrected chi connectivity index (χ1v) is 8.28. The van der Waals surface area contributed by atoms with Crippen LogP contribution in [0.4, 0.5) is 4.79 Å². The molecule has 1 aliphatic rings. The molecule has 1 aromatic rings. The number of carbonyl (C=O) groups is 2. The zero-order valence-electron chi connectivity index (χ0n) is 12.2. The fourth-order valence-electron chi connectivity index (χ4n) is 2.30. The molecule has 0 aromatic carbocycles. The smallest absolute Gasteiger partial charge is 0.323 e. The van der Waals surface area contributed by atoms with E-state index >= 15 is 0 Å². The molecule has 2 amide bonds. The van der Waals surface area contributed by atoms with Gasteiger partial charge in [-0.15, -0.1) is 11.3 Å². The molecule has 0 radical (unpaired) electrons. The number of rotatable bonds is 8. The quantitative estimate of drug-likeness (QED) is 0.775. The molecule has 0 saturated heterocycles. The molecule has 2 rings (SSSR count). The van der Waals surface area contributed by atoms with Crippen molar-refractivity contribution in [1.82, 2.24) is 10.2 Å². The minimum Gasteiger partial charge on any atom is -0.480 e. The number of nitrogens with one attached hydrogen (secondary N) is 1. The van der Waals surface area contributed by atoms with E-state index in [2.05, 4.69) is 12.2 Å². The van der Waals surface area contributed by atoms with E-state index in [0.29, 0.717) is 12.5 Å². The number of carboxylic acids is 1. The number of carbonyl (C=O) groups excluding carboxylic acids is 1. The van der Waals surface area contributed by atoms with Gasteiger partial charge in [0.05, 0.1) is 6.04 Å². The molecule has 1 saturated carbocycles.